The smallest absolute Gasteiger partial charge is 0.253 e. The zero-order valence-corrected chi connectivity index (χ0v) is 12.9. The van der Waals surface area contributed by atoms with Gasteiger partial charge >= 0.3 is 0 Å². The lowest BCUT2D eigenvalue weighted by atomic mass is 10.2. The van der Waals surface area contributed by atoms with E-state index in [0.29, 0.717) is 13.1 Å². The SMILES string of the molecule is C#CCNC(=O)c1cc(S(=O)(=O)N2CCCC2)ccc1Cl. The number of amides is 1. The highest BCUT2D eigenvalue weighted by molar-refractivity contribution is 7.89. The lowest BCUT2D eigenvalue weighted by Gasteiger charge is -2.16. The van der Waals surface area contributed by atoms with E-state index >= 15 is 0 Å². The Morgan fingerprint density at radius 2 is 2.05 bits per heavy atom. The first-order valence-electron chi connectivity index (χ1n) is 6.48. The molecule has 0 aliphatic carbocycles. The van der Waals surface area contributed by atoms with Crippen LogP contribution in [-0.2, 0) is 10.0 Å². The molecule has 21 heavy (non-hydrogen) atoms. The van der Waals surface area contributed by atoms with Crippen molar-refractivity contribution in [3.63, 3.8) is 0 Å². The largest absolute Gasteiger partial charge is 0.341 e. The highest BCUT2D eigenvalue weighted by Gasteiger charge is 2.28. The maximum absolute atomic E-state index is 12.5. The number of hydrogen-bond acceptors (Lipinski definition) is 3. The van der Waals surface area contributed by atoms with E-state index in [1.165, 1.54) is 22.5 Å². The van der Waals surface area contributed by atoms with Crippen LogP contribution in [0.2, 0.25) is 5.02 Å². The maximum atomic E-state index is 12.5. The number of halogens is 1. The van der Waals surface area contributed by atoms with Crippen LogP contribution in [0.15, 0.2) is 23.1 Å². The number of benzene rings is 1. The van der Waals surface area contributed by atoms with Crippen LogP contribution in [0.3, 0.4) is 0 Å². The summed E-state index contributed by atoms with van der Waals surface area (Å²) in [4.78, 5) is 12.0. The molecule has 1 fully saturated rings. The van der Waals surface area contributed by atoms with Crippen LogP contribution in [-0.4, -0.2) is 38.3 Å². The van der Waals surface area contributed by atoms with E-state index in [2.05, 4.69) is 11.2 Å². The first kappa shape index (κ1) is 15.8. The van der Waals surface area contributed by atoms with Gasteiger partial charge in [0.1, 0.15) is 0 Å². The third-order valence-corrected chi connectivity index (χ3v) is 5.46. The van der Waals surface area contributed by atoms with Crippen molar-refractivity contribution in [2.45, 2.75) is 17.7 Å². The molecule has 7 heteroatoms. The van der Waals surface area contributed by atoms with Gasteiger partial charge in [-0.2, -0.15) is 4.31 Å². The molecule has 0 bridgehead atoms. The molecule has 5 nitrogen and oxygen atoms in total. The molecular weight excluding hydrogens is 312 g/mol. The van der Waals surface area contributed by atoms with Crippen LogP contribution in [0.5, 0.6) is 0 Å². The van der Waals surface area contributed by atoms with E-state index < -0.39 is 15.9 Å². The van der Waals surface area contributed by atoms with Crippen molar-refractivity contribution < 1.29 is 13.2 Å². The Bertz CT molecular complexity index is 689. The Labute approximate surface area is 129 Å². The number of carbonyl (C=O) groups excluding carboxylic acids is 1. The third kappa shape index (κ3) is 3.38. The molecule has 0 spiro atoms. The summed E-state index contributed by atoms with van der Waals surface area (Å²) >= 11 is 5.96. The van der Waals surface area contributed by atoms with E-state index in [1.54, 1.807) is 0 Å². The van der Waals surface area contributed by atoms with Crippen LogP contribution in [0.25, 0.3) is 0 Å². The predicted octanol–water partition coefficient (Wildman–Crippen LogP) is 1.49. The lowest BCUT2D eigenvalue weighted by Crippen LogP contribution is -2.28. The number of sulfonamides is 1. The van der Waals surface area contributed by atoms with Crippen molar-refractivity contribution in [3.8, 4) is 12.3 Å². The van der Waals surface area contributed by atoms with Gasteiger partial charge in [0.05, 0.1) is 22.0 Å². The molecule has 1 aromatic carbocycles. The number of hydrogen-bond donors (Lipinski definition) is 1. The summed E-state index contributed by atoms with van der Waals surface area (Å²) in [7, 11) is -3.58. The lowest BCUT2D eigenvalue weighted by molar-refractivity contribution is 0.0958. The molecule has 1 saturated heterocycles. The van der Waals surface area contributed by atoms with Crippen LogP contribution in [0, 0.1) is 12.3 Å². The Kier molecular flexibility index (Phi) is 4.88. The van der Waals surface area contributed by atoms with Gasteiger partial charge in [-0.25, -0.2) is 8.42 Å². The Balaban J connectivity index is 2.34. The van der Waals surface area contributed by atoms with Crippen molar-refractivity contribution in [1.29, 1.82) is 0 Å². The fourth-order valence-corrected chi connectivity index (χ4v) is 3.89. The summed E-state index contributed by atoms with van der Waals surface area (Å²) in [5, 5.41) is 2.65. The average molecular weight is 327 g/mol. The fourth-order valence-electron chi connectivity index (χ4n) is 2.14. The molecule has 1 aromatic rings. The van der Waals surface area contributed by atoms with Gasteiger partial charge in [0.15, 0.2) is 0 Å². The first-order chi connectivity index (χ1) is 9.96. The normalized spacial score (nSPS) is 15.6. The molecule has 0 radical (unpaired) electrons. The number of nitrogens with zero attached hydrogens (tertiary/aromatic N) is 1. The minimum atomic E-state index is -3.58. The summed E-state index contributed by atoms with van der Waals surface area (Å²) in [6, 6.07) is 4.12. The van der Waals surface area contributed by atoms with Crippen molar-refractivity contribution in [2.75, 3.05) is 19.6 Å². The Morgan fingerprint density at radius 3 is 2.67 bits per heavy atom. The molecule has 1 amide bonds. The molecule has 1 aliphatic rings. The summed E-state index contributed by atoms with van der Waals surface area (Å²) in [5.41, 5.74) is 0.104. The van der Waals surface area contributed by atoms with E-state index in [0.717, 1.165) is 12.8 Å². The van der Waals surface area contributed by atoms with Crippen molar-refractivity contribution in [3.05, 3.63) is 28.8 Å². The predicted molar refractivity (Wildman–Crippen MR) is 80.6 cm³/mol. The number of rotatable bonds is 4. The van der Waals surface area contributed by atoms with Gasteiger partial charge in [-0.05, 0) is 31.0 Å². The van der Waals surface area contributed by atoms with Gasteiger partial charge in [-0.1, -0.05) is 17.5 Å². The van der Waals surface area contributed by atoms with Crippen LogP contribution in [0.1, 0.15) is 23.2 Å². The molecule has 0 atom stereocenters. The third-order valence-electron chi connectivity index (χ3n) is 3.24. The fraction of sp³-hybridized carbons (Fsp3) is 0.357. The molecule has 0 saturated carbocycles. The van der Waals surface area contributed by atoms with Crippen molar-refractivity contribution in [2.24, 2.45) is 0 Å². The van der Waals surface area contributed by atoms with E-state index in [-0.39, 0.29) is 22.0 Å². The molecule has 1 heterocycles. The second kappa shape index (κ2) is 6.48. The molecule has 1 N–H and O–H groups in total. The summed E-state index contributed by atoms with van der Waals surface area (Å²) in [6.45, 7) is 1.06. The van der Waals surface area contributed by atoms with E-state index in [4.69, 9.17) is 18.0 Å². The molecule has 112 valence electrons. The molecule has 0 unspecified atom stereocenters. The Hall–Kier alpha value is -1.55. The van der Waals surface area contributed by atoms with Crippen molar-refractivity contribution >= 4 is 27.5 Å². The van der Waals surface area contributed by atoms with Gasteiger partial charge in [-0.15, -0.1) is 6.42 Å². The van der Waals surface area contributed by atoms with Gasteiger partial charge < -0.3 is 5.32 Å². The van der Waals surface area contributed by atoms with Crippen LogP contribution < -0.4 is 5.32 Å². The monoisotopic (exact) mass is 326 g/mol. The molecule has 2 rings (SSSR count). The summed E-state index contributed by atoms with van der Waals surface area (Å²) < 4.78 is 26.3. The van der Waals surface area contributed by atoms with E-state index in [9.17, 15) is 13.2 Å². The summed E-state index contributed by atoms with van der Waals surface area (Å²) in [6.07, 6.45) is 6.77. The van der Waals surface area contributed by atoms with Gasteiger partial charge in [0.2, 0.25) is 10.0 Å². The minimum absolute atomic E-state index is 0.0538. The summed E-state index contributed by atoms with van der Waals surface area (Å²) in [5.74, 6) is 1.79. The number of nitrogens with one attached hydrogen (secondary N) is 1. The first-order valence-corrected chi connectivity index (χ1v) is 8.30. The number of carbonyl (C=O) groups is 1. The zero-order valence-electron chi connectivity index (χ0n) is 11.3. The Morgan fingerprint density at radius 1 is 1.38 bits per heavy atom. The second-order valence-corrected chi connectivity index (χ2v) is 6.98. The highest BCUT2D eigenvalue weighted by Crippen LogP contribution is 2.25. The maximum Gasteiger partial charge on any atom is 0.253 e. The second-order valence-electron chi connectivity index (χ2n) is 4.64. The van der Waals surface area contributed by atoms with Gasteiger partial charge in [0.25, 0.3) is 5.91 Å². The van der Waals surface area contributed by atoms with Crippen LogP contribution in [0.4, 0.5) is 0 Å². The number of terminal acetylenes is 1. The van der Waals surface area contributed by atoms with Crippen molar-refractivity contribution in [1.82, 2.24) is 9.62 Å². The zero-order chi connectivity index (χ0) is 15.5. The topological polar surface area (TPSA) is 66.5 Å². The standard InChI is InChI=1S/C14H15ClN2O3S/c1-2-7-16-14(18)12-10-11(5-6-13(12)15)21(19,20)17-8-3-4-9-17/h1,5-6,10H,3-4,7-9H2,(H,16,18). The molecular formula is C14H15ClN2O3S. The minimum Gasteiger partial charge on any atom is -0.341 e. The average Bonchev–Trinajstić information content (AvgIpc) is 3.00. The van der Waals surface area contributed by atoms with Gasteiger partial charge in [0, 0.05) is 13.1 Å². The molecule has 0 aromatic heterocycles. The quantitative estimate of drug-likeness (QED) is 0.852. The van der Waals surface area contributed by atoms with Gasteiger partial charge in [-0.3, -0.25) is 4.79 Å². The highest BCUT2D eigenvalue weighted by atomic mass is 35.5. The molecule has 1 aliphatic heterocycles. The van der Waals surface area contributed by atoms with E-state index in [1.807, 2.05) is 0 Å². The van der Waals surface area contributed by atoms with Crippen LogP contribution >= 0.6 is 11.6 Å².